The van der Waals surface area contributed by atoms with E-state index in [1.165, 1.54) is 56.9 Å². The van der Waals surface area contributed by atoms with Crippen molar-refractivity contribution in [2.24, 2.45) is 0 Å². The van der Waals surface area contributed by atoms with E-state index in [-0.39, 0.29) is 5.60 Å². The Balaban J connectivity index is 1.24. The Kier molecular flexibility index (Phi) is 3.76. The summed E-state index contributed by atoms with van der Waals surface area (Å²) in [5.74, 6) is 0.733. The minimum Gasteiger partial charge on any atom is -0.370 e. The quantitative estimate of drug-likeness (QED) is 0.902. The third-order valence-electron chi connectivity index (χ3n) is 5.73. The van der Waals surface area contributed by atoms with Gasteiger partial charge in [-0.2, -0.15) is 0 Å². The van der Waals surface area contributed by atoms with Crippen molar-refractivity contribution >= 4 is 0 Å². The summed E-state index contributed by atoms with van der Waals surface area (Å²) in [6.45, 7) is 1.05. The van der Waals surface area contributed by atoms with E-state index in [2.05, 4.69) is 35.6 Å². The van der Waals surface area contributed by atoms with Crippen LogP contribution in [0.2, 0.25) is 0 Å². The molecule has 0 aromatic heterocycles. The number of benzene rings is 1. The minimum absolute atomic E-state index is 0.271. The molecule has 3 atom stereocenters. The highest BCUT2D eigenvalue weighted by Gasteiger charge is 2.42. The molecule has 0 amide bonds. The average Bonchev–Trinajstić information content (AvgIpc) is 3.23. The van der Waals surface area contributed by atoms with E-state index in [0.717, 1.165) is 12.5 Å². The maximum Gasteiger partial charge on any atom is 0.0708 e. The molecule has 2 saturated carbocycles. The molecule has 2 heteroatoms. The number of hydrogen-bond donors (Lipinski definition) is 1. The van der Waals surface area contributed by atoms with Crippen molar-refractivity contribution in [3.05, 3.63) is 35.9 Å². The van der Waals surface area contributed by atoms with Crippen molar-refractivity contribution in [3.8, 4) is 0 Å². The molecule has 1 heterocycles. The number of rotatable bonds is 4. The van der Waals surface area contributed by atoms with Gasteiger partial charge in [0.05, 0.1) is 11.7 Å². The Morgan fingerprint density at radius 1 is 1.05 bits per heavy atom. The van der Waals surface area contributed by atoms with Crippen molar-refractivity contribution in [2.45, 2.75) is 75.0 Å². The van der Waals surface area contributed by atoms with Gasteiger partial charge < -0.3 is 10.1 Å². The molecule has 1 spiro atoms. The fourth-order valence-corrected chi connectivity index (χ4v) is 4.38. The molecule has 4 rings (SSSR count). The van der Waals surface area contributed by atoms with Gasteiger partial charge in [0.2, 0.25) is 0 Å². The van der Waals surface area contributed by atoms with Crippen LogP contribution < -0.4 is 5.32 Å². The van der Waals surface area contributed by atoms with Crippen LogP contribution in [-0.2, 0) is 4.74 Å². The SMILES string of the molecule is c1ccc(C2CC2NCC2CCC3(CCCCC3)O2)cc1. The zero-order chi connectivity index (χ0) is 14.1. The molecular formula is C19H27NO. The van der Waals surface area contributed by atoms with Crippen molar-refractivity contribution in [1.29, 1.82) is 0 Å². The van der Waals surface area contributed by atoms with E-state index in [1.54, 1.807) is 0 Å². The van der Waals surface area contributed by atoms with Crippen molar-refractivity contribution in [1.82, 2.24) is 5.32 Å². The van der Waals surface area contributed by atoms with Gasteiger partial charge in [-0.15, -0.1) is 0 Å². The Labute approximate surface area is 128 Å². The molecule has 1 N–H and O–H groups in total. The van der Waals surface area contributed by atoms with Crippen LogP contribution in [0.1, 0.15) is 62.8 Å². The first-order valence-corrected chi connectivity index (χ1v) is 8.81. The monoisotopic (exact) mass is 285 g/mol. The highest BCUT2D eigenvalue weighted by atomic mass is 16.5. The molecule has 1 aromatic carbocycles. The van der Waals surface area contributed by atoms with Gasteiger partial charge in [-0.3, -0.25) is 0 Å². The van der Waals surface area contributed by atoms with Crippen LogP contribution in [0, 0.1) is 0 Å². The maximum atomic E-state index is 6.45. The van der Waals surface area contributed by atoms with Gasteiger partial charge in [0.25, 0.3) is 0 Å². The summed E-state index contributed by atoms with van der Waals surface area (Å²) in [6.07, 6.45) is 11.1. The molecule has 3 aliphatic rings. The molecule has 3 unspecified atom stereocenters. The Morgan fingerprint density at radius 2 is 1.86 bits per heavy atom. The molecule has 0 radical (unpaired) electrons. The van der Waals surface area contributed by atoms with Gasteiger partial charge in [0, 0.05) is 18.5 Å². The second kappa shape index (κ2) is 5.73. The lowest BCUT2D eigenvalue weighted by Gasteiger charge is -2.33. The lowest BCUT2D eigenvalue weighted by molar-refractivity contribution is -0.0624. The zero-order valence-corrected chi connectivity index (χ0v) is 12.9. The third kappa shape index (κ3) is 3.02. The van der Waals surface area contributed by atoms with E-state index >= 15 is 0 Å². The van der Waals surface area contributed by atoms with E-state index in [1.807, 2.05) is 0 Å². The normalized spacial score (nSPS) is 34.2. The molecule has 1 aliphatic heterocycles. The van der Waals surface area contributed by atoms with Gasteiger partial charge in [0.1, 0.15) is 0 Å². The van der Waals surface area contributed by atoms with Gasteiger partial charge in [-0.05, 0) is 37.7 Å². The van der Waals surface area contributed by atoms with Gasteiger partial charge in [-0.25, -0.2) is 0 Å². The molecule has 0 bridgehead atoms. The average molecular weight is 285 g/mol. The fourth-order valence-electron chi connectivity index (χ4n) is 4.38. The topological polar surface area (TPSA) is 21.3 Å². The predicted octanol–water partition coefficient (Wildman–Crippen LogP) is 4.01. The first-order chi connectivity index (χ1) is 10.3. The molecule has 1 aromatic rings. The second-order valence-corrected chi connectivity index (χ2v) is 7.29. The van der Waals surface area contributed by atoms with Crippen LogP contribution in [0.3, 0.4) is 0 Å². The Bertz CT molecular complexity index is 466. The summed E-state index contributed by atoms with van der Waals surface area (Å²) < 4.78 is 6.45. The Morgan fingerprint density at radius 3 is 2.67 bits per heavy atom. The molecule has 1 saturated heterocycles. The smallest absolute Gasteiger partial charge is 0.0708 e. The highest BCUT2D eigenvalue weighted by Crippen LogP contribution is 2.43. The fraction of sp³-hybridized carbons (Fsp3) is 0.684. The third-order valence-corrected chi connectivity index (χ3v) is 5.73. The second-order valence-electron chi connectivity index (χ2n) is 7.29. The van der Waals surface area contributed by atoms with Crippen LogP contribution in [0.15, 0.2) is 30.3 Å². The van der Waals surface area contributed by atoms with Crippen molar-refractivity contribution in [3.63, 3.8) is 0 Å². The first-order valence-electron chi connectivity index (χ1n) is 8.81. The lowest BCUT2D eigenvalue weighted by atomic mass is 9.83. The van der Waals surface area contributed by atoms with E-state index in [4.69, 9.17) is 4.74 Å². The number of nitrogens with one attached hydrogen (secondary N) is 1. The first kappa shape index (κ1) is 13.8. The Hall–Kier alpha value is -0.860. The van der Waals surface area contributed by atoms with E-state index in [0.29, 0.717) is 12.1 Å². The van der Waals surface area contributed by atoms with E-state index in [9.17, 15) is 0 Å². The maximum absolute atomic E-state index is 6.45. The number of hydrogen-bond acceptors (Lipinski definition) is 2. The van der Waals surface area contributed by atoms with Crippen LogP contribution in [0.5, 0.6) is 0 Å². The summed E-state index contributed by atoms with van der Waals surface area (Å²) in [5, 5.41) is 3.74. The zero-order valence-electron chi connectivity index (χ0n) is 12.9. The van der Waals surface area contributed by atoms with Gasteiger partial charge >= 0.3 is 0 Å². The molecule has 114 valence electrons. The minimum atomic E-state index is 0.271. The highest BCUT2D eigenvalue weighted by molar-refractivity contribution is 5.27. The van der Waals surface area contributed by atoms with E-state index < -0.39 is 0 Å². The van der Waals surface area contributed by atoms with Gasteiger partial charge in [0.15, 0.2) is 0 Å². The summed E-state index contributed by atoms with van der Waals surface area (Å²) in [6, 6.07) is 11.6. The van der Waals surface area contributed by atoms with Crippen molar-refractivity contribution < 1.29 is 4.74 Å². The van der Waals surface area contributed by atoms with Gasteiger partial charge in [-0.1, -0.05) is 49.6 Å². The summed E-state index contributed by atoms with van der Waals surface area (Å²) in [5.41, 5.74) is 1.76. The summed E-state index contributed by atoms with van der Waals surface area (Å²) >= 11 is 0. The predicted molar refractivity (Wildman–Crippen MR) is 85.5 cm³/mol. The molecule has 2 nitrogen and oxygen atoms in total. The van der Waals surface area contributed by atoms with Crippen LogP contribution in [0.25, 0.3) is 0 Å². The van der Waals surface area contributed by atoms with Crippen LogP contribution in [0.4, 0.5) is 0 Å². The van der Waals surface area contributed by atoms with Crippen LogP contribution in [-0.4, -0.2) is 24.3 Å². The summed E-state index contributed by atoms with van der Waals surface area (Å²) in [7, 11) is 0. The summed E-state index contributed by atoms with van der Waals surface area (Å²) in [4.78, 5) is 0. The molecular weight excluding hydrogens is 258 g/mol. The molecule has 2 aliphatic carbocycles. The lowest BCUT2D eigenvalue weighted by Crippen LogP contribution is -2.35. The largest absolute Gasteiger partial charge is 0.370 e. The number of ether oxygens (including phenoxy) is 1. The molecule has 3 fully saturated rings. The standard InChI is InChI=1S/C19H27NO/c1-3-7-15(8-4-1)17-13-18(17)20-14-16-9-12-19(21-16)10-5-2-6-11-19/h1,3-4,7-8,16-18,20H,2,5-6,9-14H2. The molecule has 21 heavy (non-hydrogen) atoms. The van der Waals surface area contributed by atoms with Crippen molar-refractivity contribution in [2.75, 3.05) is 6.54 Å². The van der Waals surface area contributed by atoms with Crippen LogP contribution >= 0.6 is 0 Å².